The number of aromatic nitrogens is 2. The molecule has 1 heterocycles. The van der Waals surface area contributed by atoms with Crippen LogP contribution in [0, 0.1) is 12.8 Å². The van der Waals surface area contributed by atoms with Crippen molar-refractivity contribution in [2.24, 2.45) is 13.0 Å². The van der Waals surface area contributed by atoms with E-state index in [1.807, 2.05) is 6.92 Å². The molecule has 1 unspecified atom stereocenters. The molecule has 16 heavy (non-hydrogen) atoms. The predicted molar refractivity (Wildman–Crippen MR) is 59.6 cm³/mol. The highest BCUT2D eigenvalue weighted by molar-refractivity contribution is 5.94. The van der Waals surface area contributed by atoms with Gasteiger partial charge in [0.1, 0.15) is 11.4 Å². The number of nitrogens with zero attached hydrogens (tertiary/aromatic N) is 2. The smallest absolute Gasteiger partial charge is 0.341 e. The number of aryl methyl sites for hydroxylation is 2. The number of nitrogens with one attached hydrogen (secondary N) is 1. The monoisotopic (exact) mass is 227 g/mol. The summed E-state index contributed by atoms with van der Waals surface area (Å²) in [5.74, 6) is -0.452. The summed E-state index contributed by atoms with van der Waals surface area (Å²) < 4.78 is 1.50. The molecule has 6 nitrogen and oxygen atoms in total. The third-order valence-corrected chi connectivity index (χ3v) is 2.37. The predicted octanol–water partition coefficient (Wildman–Crippen LogP) is 0.467. The molecule has 0 bridgehead atoms. The van der Waals surface area contributed by atoms with Crippen LogP contribution in [-0.2, 0) is 7.05 Å². The zero-order chi connectivity index (χ0) is 12.3. The summed E-state index contributed by atoms with van der Waals surface area (Å²) in [6.45, 7) is 4.10. The van der Waals surface area contributed by atoms with Crippen LogP contribution in [0.4, 0.5) is 5.82 Å². The van der Waals surface area contributed by atoms with Crippen molar-refractivity contribution in [2.45, 2.75) is 13.8 Å². The van der Waals surface area contributed by atoms with Crippen LogP contribution in [0.25, 0.3) is 0 Å². The van der Waals surface area contributed by atoms with Gasteiger partial charge < -0.3 is 15.5 Å². The highest BCUT2D eigenvalue weighted by Gasteiger charge is 2.19. The maximum atomic E-state index is 11.0. The van der Waals surface area contributed by atoms with Crippen LogP contribution >= 0.6 is 0 Å². The summed E-state index contributed by atoms with van der Waals surface area (Å²) in [7, 11) is 1.69. The Hall–Kier alpha value is -1.56. The number of aliphatic hydroxyl groups is 1. The minimum absolute atomic E-state index is 0.0617. The molecule has 1 aromatic rings. The zero-order valence-corrected chi connectivity index (χ0v) is 9.69. The molecule has 90 valence electrons. The Morgan fingerprint density at radius 2 is 2.25 bits per heavy atom. The van der Waals surface area contributed by atoms with E-state index in [4.69, 9.17) is 10.2 Å². The Morgan fingerprint density at radius 1 is 1.62 bits per heavy atom. The van der Waals surface area contributed by atoms with E-state index in [0.29, 0.717) is 18.1 Å². The highest BCUT2D eigenvalue weighted by Crippen LogP contribution is 2.18. The van der Waals surface area contributed by atoms with Gasteiger partial charge in [0.05, 0.1) is 5.69 Å². The third kappa shape index (κ3) is 2.52. The van der Waals surface area contributed by atoms with Gasteiger partial charge in [-0.2, -0.15) is 5.10 Å². The molecule has 3 N–H and O–H groups in total. The molecule has 0 fully saturated rings. The van der Waals surface area contributed by atoms with E-state index in [-0.39, 0.29) is 18.1 Å². The fourth-order valence-electron chi connectivity index (χ4n) is 1.45. The number of aromatic carboxylic acids is 1. The van der Waals surface area contributed by atoms with Crippen LogP contribution in [0.1, 0.15) is 23.0 Å². The summed E-state index contributed by atoms with van der Waals surface area (Å²) in [4.78, 5) is 11.0. The van der Waals surface area contributed by atoms with Crippen molar-refractivity contribution in [1.82, 2.24) is 9.78 Å². The van der Waals surface area contributed by atoms with Crippen molar-refractivity contribution < 1.29 is 15.0 Å². The Morgan fingerprint density at radius 3 is 2.75 bits per heavy atom. The quantitative estimate of drug-likeness (QED) is 0.680. The largest absolute Gasteiger partial charge is 0.477 e. The summed E-state index contributed by atoms with van der Waals surface area (Å²) in [5.41, 5.74) is 0.668. The lowest BCUT2D eigenvalue weighted by Gasteiger charge is -2.11. The van der Waals surface area contributed by atoms with Gasteiger partial charge in [0.2, 0.25) is 0 Å². The van der Waals surface area contributed by atoms with E-state index in [1.54, 1.807) is 14.0 Å². The molecule has 6 heteroatoms. The van der Waals surface area contributed by atoms with Crippen molar-refractivity contribution in [3.05, 3.63) is 11.3 Å². The first-order valence-corrected chi connectivity index (χ1v) is 5.09. The molecular weight excluding hydrogens is 210 g/mol. The molecule has 0 aliphatic rings. The Balaban J connectivity index is 2.90. The minimum Gasteiger partial charge on any atom is -0.477 e. The fourth-order valence-corrected chi connectivity index (χ4v) is 1.45. The van der Waals surface area contributed by atoms with Crippen molar-refractivity contribution >= 4 is 11.8 Å². The molecule has 0 saturated carbocycles. The number of hydrogen-bond donors (Lipinski definition) is 3. The highest BCUT2D eigenvalue weighted by atomic mass is 16.4. The van der Waals surface area contributed by atoms with E-state index in [1.165, 1.54) is 4.68 Å². The molecule has 0 amide bonds. The number of carboxylic acid groups (broad SMARTS) is 1. The van der Waals surface area contributed by atoms with Gasteiger partial charge in [-0.3, -0.25) is 4.68 Å². The van der Waals surface area contributed by atoms with Gasteiger partial charge >= 0.3 is 5.97 Å². The Labute approximate surface area is 93.9 Å². The van der Waals surface area contributed by atoms with Crippen molar-refractivity contribution in [3.63, 3.8) is 0 Å². The second-order valence-electron chi connectivity index (χ2n) is 3.91. The zero-order valence-electron chi connectivity index (χ0n) is 9.69. The van der Waals surface area contributed by atoms with Gasteiger partial charge in [-0.15, -0.1) is 0 Å². The molecule has 1 atom stereocenters. The Kier molecular flexibility index (Phi) is 3.89. The molecule has 0 aliphatic heterocycles. The molecule has 0 aromatic carbocycles. The average Bonchev–Trinajstić information content (AvgIpc) is 2.49. The lowest BCUT2D eigenvalue weighted by Crippen LogP contribution is -2.17. The van der Waals surface area contributed by atoms with Gasteiger partial charge in [0.15, 0.2) is 0 Å². The Bertz CT molecular complexity index is 387. The first kappa shape index (κ1) is 12.5. The van der Waals surface area contributed by atoms with E-state index >= 15 is 0 Å². The van der Waals surface area contributed by atoms with Crippen LogP contribution in [0.2, 0.25) is 0 Å². The van der Waals surface area contributed by atoms with E-state index in [9.17, 15) is 4.79 Å². The standard InChI is InChI=1S/C10H17N3O3/c1-6(5-14)4-11-9-8(10(15)16)7(2)12-13(9)3/h6,11,14H,4-5H2,1-3H3,(H,15,16). The number of anilines is 1. The first-order valence-electron chi connectivity index (χ1n) is 5.09. The molecule has 0 spiro atoms. The molecule has 0 aliphatic carbocycles. The van der Waals surface area contributed by atoms with Crippen LogP contribution < -0.4 is 5.32 Å². The summed E-state index contributed by atoms with van der Waals surface area (Å²) in [5, 5.41) is 25.0. The molecule has 0 radical (unpaired) electrons. The van der Waals surface area contributed by atoms with Gasteiger partial charge in [-0.25, -0.2) is 4.79 Å². The van der Waals surface area contributed by atoms with Crippen LogP contribution in [0.15, 0.2) is 0 Å². The van der Waals surface area contributed by atoms with Gasteiger partial charge in [-0.1, -0.05) is 6.92 Å². The molecular formula is C10H17N3O3. The normalized spacial score (nSPS) is 12.5. The lowest BCUT2D eigenvalue weighted by atomic mass is 10.2. The van der Waals surface area contributed by atoms with Crippen LogP contribution in [-0.4, -0.2) is 39.1 Å². The van der Waals surface area contributed by atoms with Crippen LogP contribution in [0.5, 0.6) is 0 Å². The number of carboxylic acids is 1. The summed E-state index contributed by atoms with van der Waals surface area (Å²) >= 11 is 0. The fraction of sp³-hybridized carbons (Fsp3) is 0.600. The number of aliphatic hydroxyl groups excluding tert-OH is 1. The number of rotatable bonds is 5. The third-order valence-electron chi connectivity index (χ3n) is 2.37. The second kappa shape index (κ2) is 4.98. The van der Waals surface area contributed by atoms with Gasteiger partial charge in [-0.05, 0) is 12.8 Å². The van der Waals surface area contributed by atoms with Gasteiger partial charge in [0, 0.05) is 20.2 Å². The van der Waals surface area contributed by atoms with E-state index in [0.717, 1.165) is 0 Å². The van der Waals surface area contributed by atoms with Crippen molar-refractivity contribution in [2.75, 3.05) is 18.5 Å². The SMILES string of the molecule is Cc1nn(C)c(NCC(C)CO)c1C(=O)O. The number of carbonyl (C=O) groups is 1. The topological polar surface area (TPSA) is 87.4 Å². The first-order chi connectivity index (χ1) is 7.47. The molecule has 1 rings (SSSR count). The minimum atomic E-state index is -0.996. The second-order valence-corrected chi connectivity index (χ2v) is 3.91. The van der Waals surface area contributed by atoms with E-state index in [2.05, 4.69) is 10.4 Å². The number of hydrogen-bond acceptors (Lipinski definition) is 4. The van der Waals surface area contributed by atoms with E-state index < -0.39 is 5.97 Å². The summed E-state index contributed by atoms with van der Waals surface area (Å²) in [6.07, 6.45) is 0. The summed E-state index contributed by atoms with van der Waals surface area (Å²) in [6, 6.07) is 0. The van der Waals surface area contributed by atoms with Crippen molar-refractivity contribution in [3.8, 4) is 0 Å². The molecule has 1 aromatic heterocycles. The van der Waals surface area contributed by atoms with Crippen molar-refractivity contribution in [1.29, 1.82) is 0 Å². The maximum Gasteiger partial charge on any atom is 0.341 e. The maximum absolute atomic E-state index is 11.0. The average molecular weight is 227 g/mol. The lowest BCUT2D eigenvalue weighted by molar-refractivity contribution is 0.0697. The van der Waals surface area contributed by atoms with Gasteiger partial charge in [0.25, 0.3) is 0 Å². The molecule has 0 saturated heterocycles. The van der Waals surface area contributed by atoms with Crippen LogP contribution in [0.3, 0.4) is 0 Å².